The first-order chi connectivity index (χ1) is 9.08. The molecular weight excluding hydrogens is 236 g/mol. The molecule has 0 bridgehead atoms. The molecule has 0 aliphatic heterocycles. The molecule has 0 radical (unpaired) electrons. The van der Waals surface area contributed by atoms with Crippen LogP contribution < -0.4 is 5.73 Å². The zero-order valence-electron chi connectivity index (χ0n) is 12.0. The van der Waals surface area contributed by atoms with E-state index in [1.165, 1.54) is 32.1 Å². The number of carbonyl (C=O) groups excluding carboxylic acids is 1. The van der Waals surface area contributed by atoms with Crippen LogP contribution in [0, 0.1) is 0 Å². The van der Waals surface area contributed by atoms with E-state index < -0.39 is 0 Å². The van der Waals surface area contributed by atoms with Crippen molar-refractivity contribution in [2.45, 2.75) is 51.6 Å². The standard InChI is InChI=1S/C16H24N2O/c1-12(19)13-8-9-16(17)14(10-13)11-18(2)15-6-4-3-5-7-15/h8-10,15H,3-7,11,17H2,1-2H3. The Hall–Kier alpha value is -1.35. The molecule has 0 amide bonds. The zero-order valence-corrected chi connectivity index (χ0v) is 12.0. The fraction of sp³-hybridized carbons (Fsp3) is 0.562. The third-order valence-electron chi connectivity index (χ3n) is 4.17. The summed E-state index contributed by atoms with van der Waals surface area (Å²) in [6.45, 7) is 2.43. The van der Waals surface area contributed by atoms with Gasteiger partial charge in [-0.05, 0) is 50.6 Å². The van der Waals surface area contributed by atoms with E-state index in [9.17, 15) is 4.79 Å². The van der Waals surface area contributed by atoms with Crippen molar-refractivity contribution in [3.05, 3.63) is 29.3 Å². The molecule has 2 N–H and O–H groups in total. The van der Waals surface area contributed by atoms with Crippen LogP contribution in [-0.2, 0) is 6.54 Å². The molecular formula is C16H24N2O. The van der Waals surface area contributed by atoms with E-state index in [0.29, 0.717) is 6.04 Å². The second-order valence-electron chi connectivity index (χ2n) is 5.68. The smallest absolute Gasteiger partial charge is 0.159 e. The topological polar surface area (TPSA) is 46.3 Å². The molecule has 19 heavy (non-hydrogen) atoms. The van der Waals surface area contributed by atoms with Crippen LogP contribution in [0.4, 0.5) is 5.69 Å². The Kier molecular flexibility index (Phi) is 4.59. The first-order valence-corrected chi connectivity index (χ1v) is 7.17. The average molecular weight is 260 g/mol. The summed E-state index contributed by atoms with van der Waals surface area (Å²) in [4.78, 5) is 13.8. The zero-order chi connectivity index (χ0) is 13.8. The van der Waals surface area contributed by atoms with Gasteiger partial charge < -0.3 is 5.73 Å². The highest BCUT2D eigenvalue weighted by atomic mass is 16.1. The first kappa shape index (κ1) is 14.1. The maximum absolute atomic E-state index is 11.4. The highest BCUT2D eigenvalue weighted by Crippen LogP contribution is 2.24. The molecule has 104 valence electrons. The number of rotatable bonds is 4. The van der Waals surface area contributed by atoms with E-state index in [1.807, 2.05) is 18.2 Å². The van der Waals surface area contributed by atoms with E-state index >= 15 is 0 Å². The van der Waals surface area contributed by atoms with Crippen LogP contribution in [0.25, 0.3) is 0 Å². The Balaban J connectivity index is 2.08. The quantitative estimate of drug-likeness (QED) is 0.668. The number of nitrogens with zero attached hydrogens (tertiary/aromatic N) is 1. The van der Waals surface area contributed by atoms with Gasteiger partial charge in [0.1, 0.15) is 0 Å². The van der Waals surface area contributed by atoms with Crippen molar-refractivity contribution < 1.29 is 4.79 Å². The number of ketones is 1. The van der Waals surface area contributed by atoms with E-state index in [2.05, 4.69) is 11.9 Å². The van der Waals surface area contributed by atoms with Crippen molar-refractivity contribution in [1.82, 2.24) is 4.90 Å². The molecule has 1 aliphatic carbocycles. The second kappa shape index (κ2) is 6.20. The molecule has 0 unspecified atom stereocenters. The lowest BCUT2D eigenvalue weighted by Crippen LogP contribution is -2.33. The lowest BCUT2D eigenvalue weighted by atomic mass is 9.94. The molecule has 0 aromatic heterocycles. The van der Waals surface area contributed by atoms with E-state index in [-0.39, 0.29) is 5.78 Å². The summed E-state index contributed by atoms with van der Waals surface area (Å²) in [6, 6.07) is 6.26. The maximum Gasteiger partial charge on any atom is 0.159 e. The van der Waals surface area contributed by atoms with Crippen LogP contribution >= 0.6 is 0 Å². The maximum atomic E-state index is 11.4. The molecule has 2 rings (SSSR count). The highest BCUT2D eigenvalue weighted by Gasteiger charge is 2.18. The number of nitrogen functional groups attached to an aromatic ring is 1. The molecule has 1 saturated carbocycles. The second-order valence-corrected chi connectivity index (χ2v) is 5.68. The van der Waals surface area contributed by atoms with E-state index in [4.69, 9.17) is 5.73 Å². The van der Waals surface area contributed by atoms with Gasteiger partial charge in [-0.1, -0.05) is 19.3 Å². The highest BCUT2D eigenvalue weighted by molar-refractivity contribution is 5.94. The third kappa shape index (κ3) is 3.57. The number of nitrogens with two attached hydrogens (primary N) is 1. The monoisotopic (exact) mass is 260 g/mol. The van der Waals surface area contributed by atoms with Gasteiger partial charge in [0, 0.05) is 23.8 Å². The van der Waals surface area contributed by atoms with Crippen LogP contribution in [0.15, 0.2) is 18.2 Å². The summed E-state index contributed by atoms with van der Waals surface area (Å²) in [5, 5.41) is 0. The van der Waals surface area contributed by atoms with Gasteiger partial charge in [0.05, 0.1) is 0 Å². The van der Waals surface area contributed by atoms with Gasteiger partial charge in [0.15, 0.2) is 5.78 Å². The van der Waals surface area contributed by atoms with Crippen LogP contribution in [0.5, 0.6) is 0 Å². The number of benzene rings is 1. The lowest BCUT2D eigenvalue weighted by Gasteiger charge is -2.31. The minimum atomic E-state index is 0.0987. The van der Waals surface area contributed by atoms with Crippen molar-refractivity contribution in [2.24, 2.45) is 0 Å². The van der Waals surface area contributed by atoms with Crippen molar-refractivity contribution in [3.8, 4) is 0 Å². The van der Waals surface area contributed by atoms with E-state index in [1.54, 1.807) is 6.92 Å². The molecule has 1 aromatic rings. The minimum absolute atomic E-state index is 0.0987. The average Bonchev–Trinajstić information content (AvgIpc) is 2.42. The first-order valence-electron chi connectivity index (χ1n) is 7.17. The fourth-order valence-corrected chi connectivity index (χ4v) is 2.88. The van der Waals surface area contributed by atoms with Gasteiger partial charge in [-0.2, -0.15) is 0 Å². The summed E-state index contributed by atoms with van der Waals surface area (Å²) < 4.78 is 0. The van der Waals surface area contributed by atoms with Gasteiger partial charge in [-0.3, -0.25) is 9.69 Å². The Morgan fingerprint density at radius 3 is 2.63 bits per heavy atom. The Bertz CT molecular complexity index is 450. The normalized spacial score (nSPS) is 16.8. The van der Waals surface area contributed by atoms with E-state index in [0.717, 1.165) is 23.4 Å². The van der Waals surface area contributed by atoms with Crippen molar-refractivity contribution in [3.63, 3.8) is 0 Å². The molecule has 3 heteroatoms. The molecule has 1 fully saturated rings. The fourth-order valence-electron chi connectivity index (χ4n) is 2.88. The molecule has 0 saturated heterocycles. The van der Waals surface area contributed by atoms with Crippen molar-refractivity contribution >= 4 is 11.5 Å². The number of hydrogen-bond donors (Lipinski definition) is 1. The SMILES string of the molecule is CC(=O)c1ccc(N)c(CN(C)C2CCCCC2)c1. The summed E-state index contributed by atoms with van der Waals surface area (Å²) in [6.07, 6.45) is 6.59. The van der Waals surface area contributed by atoms with Gasteiger partial charge in [-0.15, -0.1) is 0 Å². The largest absolute Gasteiger partial charge is 0.398 e. The molecule has 1 aromatic carbocycles. The van der Waals surface area contributed by atoms with Gasteiger partial charge in [0.2, 0.25) is 0 Å². The van der Waals surface area contributed by atoms with Crippen molar-refractivity contribution in [1.29, 1.82) is 0 Å². The van der Waals surface area contributed by atoms with Gasteiger partial charge in [0.25, 0.3) is 0 Å². The van der Waals surface area contributed by atoms with Gasteiger partial charge >= 0.3 is 0 Å². The molecule has 0 spiro atoms. The number of anilines is 1. The summed E-state index contributed by atoms with van der Waals surface area (Å²) in [5.74, 6) is 0.0987. The molecule has 1 aliphatic rings. The summed E-state index contributed by atoms with van der Waals surface area (Å²) in [7, 11) is 2.16. The van der Waals surface area contributed by atoms with Gasteiger partial charge in [-0.25, -0.2) is 0 Å². The number of Topliss-reactive ketones (excluding diaryl/α,β-unsaturated/α-hetero) is 1. The molecule has 3 nitrogen and oxygen atoms in total. The number of carbonyl (C=O) groups is 1. The summed E-state index contributed by atoms with van der Waals surface area (Å²) in [5.41, 5.74) is 8.64. The Morgan fingerprint density at radius 2 is 2.00 bits per heavy atom. The predicted octanol–water partition coefficient (Wildman–Crippen LogP) is 3.24. The van der Waals surface area contributed by atoms with Crippen LogP contribution in [-0.4, -0.2) is 23.8 Å². The Labute approximate surface area is 115 Å². The molecule has 0 atom stereocenters. The van der Waals surface area contributed by atoms with Crippen LogP contribution in [0.1, 0.15) is 54.9 Å². The van der Waals surface area contributed by atoms with Crippen LogP contribution in [0.3, 0.4) is 0 Å². The predicted molar refractivity (Wildman–Crippen MR) is 79.2 cm³/mol. The number of hydrogen-bond acceptors (Lipinski definition) is 3. The third-order valence-corrected chi connectivity index (χ3v) is 4.17. The minimum Gasteiger partial charge on any atom is -0.398 e. The summed E-state index contributed by atoms with van der Waals surface area (Å²) >= 11 is 0. The van der Waals surface area contributed by atoms with Crippen LogP contribution in [0.2, 0.25) is 0 Å². The Morgan fingerprint density at radius 1 is 1.32 bits per heavy atom. The van der Waals surface area contributed by atoms with Crippen molar-refractivity contribution in [2.75, 3.05) is 12.8 Å². The lowest BCUT2D eigenvalue weighted by molar-refractivity contribution is 0.101. The molecule has 0 heterocycles.